The van der Waals surface area contributed by atoms with Gasteiger partial charge < -0.3 is 0 Å². The Bertz CT molecular complexity index is 915. The van der Waals surface area contributed by atoms with E-state index in [1.54, 1.807) is 4.68 Å². The number of amides is 1. The molecule has 0 aliphatic carbocycles. The molecule has 1 aromatic carbocycles. The summed E-state index contributed by atoms with van der Waals surface area (Å²) in [5, 5.41) is 21.1. The van der Waals surface area contributed by atoms with Crippen molar-refractivity contribution in [3.63, 3.8) is 0 Å². The summed E-state index contributed by atoms with van der Waals surface area (Å²) in [6, 6.07) is 8.01. The molecule has 2 heterocycles. The maximum atomic E-state index is 11.9. The Morgan fingerprint density at radius 3 is 2.92 bits per heavy atom. The van der Waals surface area contributed by atoms with Crippen molar-refractivity contribution < 1.29 is 9.72 Å². The van der Waals surface area contributed by atoms with Crippen molar-refractivity contribution in [3.8, 4) is 0 Å². The van der Waals surface area contributed by atoms with Gasteiger partial charge in [-0.2, -0.15) is 5.10 Å². The smallest absolute Gasteiger partial charge is 0.292 e. The highest BCUT2D eigenvalue weighted by Crippen LogP contribution is 2.08. The van der Waals surface area contributed by atoms with Crippen molar-refractivity contribution in [1.82, 2.24) is 24.5 Å². The fourth-order valence-corrected chi connectivity index (χ4v) is 2.27. The van der Waals surface area contributed by atoms with Gasteiger partial charge in [-0.25, -0.2) is 9.67 Å². The Morgan fingerprint density at radius 1 is 1.36 bits per heavy atom. The lowest BCUT2D eigenvalue weighted by Gasteiger charge is -2.02. The van der Waals surface area contributed by atoms with E-state index >= 15 is 0 Å². The van der Waals surface area contributed by atoms with Crippen molar-refractivity contribution in [2.24, 2.45) is 0 Å². The van der Waals surface area contributed by atoms with E-state index in [9.17, 15) is 14.9 Å². The lowest BCUT2D eigenvalue weighted by molar-refractivity contribution is -0.385. The number of nitro groups is 1. The molecule has 1 N–H and O–H groups in total. The third kappa shape index (κ3) is 4.25. The molecular weight excluding hydrogens is 326 g/mol. The van der Waals surface area contributed by atoms with Crippen molar-refractivity contribution in [2.75, 3.05) is 5.32 Å². The van der Waals surface area contributed by atoms with Crippen molar-refractivity contribution >= 4 is 17.5 Å². The molecule has 10 nitrogen and oxygen atoms in total. The monoisotopic (exact) mass is 341 g/mol. The second kappa shape index (κ2) is 6.91. The molecule has 0 fully saturated rings. The maximum absolute atomic E-state index is 11.9. The van der Waals surface area contributed by atoms with Gasteiger partial charge in [0.25, 0.3) is 0 Å². The van der Waals surface area contributed by atoms with Gasteiger partial charge in [-0.15, -0.1) is 5.10 Å². The summed E-state index contributed by atoms with van der Waals surface area (Å²) in [6.07, 6.45) is 3.79. The number of aryl methyl sites for hydroxylation is 1. The minimum Gasteiger partial charge on any atom is -0.292 e. The zero-order valence-electron chi connectivity index (χ0n) is 13.4. The molecule has 0 atom stereocenters. The first-order chi connectivity index (χ1) is 12.0. The van der Waals surface area contributed by atoms with Crippen LogP contribution in [0, 0.1) is 17.0 Å². The second-order valence-corrected chi connectivity index (χ2v) is 5.46. The largest absolute Gasteiger partial charge is 0.307 e. The Balaban J connectivity index is 1.58. The number of hydrogen-bond acceptors (Lipinski definition) is 6. The molecule has 0 saturated carbocycles. The number of carbonyl (C=O) groups is 1. The van der Waals surface area contributed by atoms with Crippen LogP contribution in [0.4, 0.5) is 11.6 Å². The van der Waals surface area contributed by atoms with Gasteiger partial charge in [-0.3, -0.25) is 24.9 Å². The zero-order chi connectivity index (χ0) is 17.8. The van der Waals surface area contributed by atoms with E-state index in [1.165, 1.54) is 17.2 Å². The third-order valence-corrected chi connectivity index (χ3v) is 3.35. The molecule has 0 unspecified atom stereocenters. The van der Waals surface area contributed by atoms with E-state index in [0.717, 1.165) is 17.3 Å². The molecule has 2 aromatic heterocycles. The van der Waals surface area contributed by atoms with Gasteiger partial charge in [-0.05, 0) is 12.5 Å². The molecule has 0 radical (unpaired) electrons. The molecule has 3 aromatic rings. The first-order valence-electron chi connectivity index (χ1n) is 7.41. The quantitative estimate of drug-likeness (QED) is 0.534. The minimum atomic E-state index is -0.573. The Labute approximate surface area is 142 Å². The van der Waals surface area contributed by atoms with Crippen molar-refractivity contribution in [3.05, 3.63) is 64.2 Å². The van der Waals surface area contributed by atoms with Crippen molar-refractivity contribution in [2.45, 2.75) is 20.0 Å². The standard InChI is InChI=1S/C15H15N7O3/c1-11-3-2-4-12(5-11)7-21-10-16-15(19-21)18-14(23)9-20-8-13(6-17-20)22(24)25/h2-6,8,10H,7,9H2,1H3,(H,18,19,23). The summed E-state index contributed by atoms with van der Waals surface area (Å²) in [5.74, 6) is -0.259. The number of aromatic nitrogens is 5. The Kier molecular flexibility index (Phi) is 4.50. The fourth-order valence-electron chi connectivity index (χ4n) is 2.27. The number of rotatable bonds is 6. The molecule has 0 aliphatic rings. The first kappa shape index (κ1) is 16.3. The van der Waals surface area contributed by atoms with Crippen LogP contribution in [0.2, 0.25) is 0 Å². The van der Waals surface area contributed by atoms with Gasteiger partial charge >= 0.3 is 5.69 Å². The highest BCUT2D eigenvalue weighted by atomic mass is 16.6. The minimum absolute atomic E-state index is 0.166. The van der Waals surface area contributed by atoms with E-state index < -0.39 is 10.8 Å². The van der Waals surface area contributed by atoms with Gasteiger partial charge in [0.15, 0.2) is 0 Å². The molecule has 0 aliphatic heterocycles. The van der Waals surface area contributed by atoms with E-state index in [1.807, 2.05) is 31.2 Å². The van der Waals surface area contributed by atoms with Crippen LogP contribution in [0.1, 0.15) is 11.1 Å². The van der Waals surface area contributed by atoms with Crippen LogP contribution in [0.5, 0.6) is 0 Å². The SMILES string of the molecule is Cc1cccc(Cn2cnc(NC(=O)Cn3cc([N+](=O)[O-])cn3)n2)c1. The van der Waals surface area contributed by atoms with Gasteiger partial charge in [0, 0.05) is 0 Å². The van der Waals surface area contributed by atoms with Gasteiger partial charge in [-0.1, -0.05) is 29.8 Å². The van der Waals surface area contributed by atoms with Gasteiger partial charge in [0.05, 0.1) is 11.5 Å². The molecule has 10 heteroatoms. The Hall–Kier alpha value is -3.56. The number of benzene rings is 1. The van der Waals surface area contributed by atoms with E-state index in [2.05, 4.69) is 20.5 Å². The van der Waals surface area contributed by atoms with Crippen LogP contribution < -0.4 is 5.32 Å². The summed E-state index contributed by atoms with van der Waals surface area (Å²) in [7, 11) is 0. The van der Waals surface area contributed by atoms with Gasteiger partial charge in [0.2, 0.25) is 11.9 Å². The number of hydrogen-bond donors (Lipinski definition) is 1. The predicted octanol–water partition coefficient (Wildman–Crippen LogP) is 1.38. The van der Waals surface area contributed by atoms with Crippen LogP contribution >= 0.6 is 0 Å². The second-order valence-electron chi connectivity index (χ2n) is 5.46. The highest BCUT2D eigenvalue weighted by Gasteiger charge is 2.12. The predicted molar refractivity (Wildman–Crippen MR) is 87.8 cm³/mol. The molecule has 0 saturated heterocycles. The summed E-state index contributed by atoms with van der Waals surface area (Å²) >= 11 is 0. The van der Waals surface area contributed by atoms with Crippen LogP contribution in [0.3, 0.4) is 0 Å². The molecular formula is C15H15N7O3. The number of carbonyl (C=O) groups excluding carboxylic acids is 1. The van der Waals surface area contributed by atoms with Crippen LogP contribution in [-0.4, -0.2) is 35.4 Å². The molecule has 128 valence electrons. The number of nitrogens with one attached hydrogen (secondary N) is 1. The molecule has 3 rings (SSSR count). The highest BCUT2D eigenvalue weighted by molar-refractivity contribution is 5.88. The first-order valence-corrected chi connectivity index (χ1v) is 7.41. The normalized spacial score (nSPS) is 10.6. The summed E-state index contributed by atoms with van der Waals surface area (Å²) in [6.45, 7) is 2.38. The molecule has 0 bridgehead atoms. The number of anilines is 1. The lowest BCUT2D eigenvalue weighted by atomic mass is 10.1. The summed E-state index contributed by atoms with van der Waals surface area (Å²) in [5.41, 5.74) is 2.06. The average Bonchev–Trinajstić information content (AvgIpc) is 3.17. The summed E-state index contributed by atoms with van der Waals surface area (Å²) in [4.78, 5) is 26.0. The molecule has 0 spiro atoms. The molecule has 1 amide bonds. The zero-order valence-corrected chi connectivity index (χ0v) is 13.4. The third-order valence-electron chi connectivity index (χ3n) is 3.35. The van der Waals surface area contributed by atoms with Gasteiger partial charge in [0.1, 0.15) is 25.3 Å². The van der Waals surface area contributed by atoms with E-state index in [-0.39, 0.29) is 18.2 Å². The summed E-state index contributed by atoms with van der Waals surface area (Å²) < 4.78 is 2.79. The van der Waals surface area contributed by atoms with E-state index in [0.29, 0.717) is 6.54 Å². The molecule has 25 heavy (non-hydrogen) atoms. The lowest BCUT2D eigenvalue weighted by Crippen LogP contribution is -2.20. The van der Waals surface area contributed by atoms with Crippen molar-refractivity contribution in [1.29, 1.82) is 0 Å². The Morgan fingerprint density at radius 2 is 2.20 bits per heavy atom. The van der Waals surface area contributed by atoms with Crippen LogP contribution in [-0.2, 0) is 17.9 Å². The number of nitrogens with zero attached hydrogens (tertiary/aromatic N) is 6. The topological polar surface area (TPSA) is 121 Å². The van der Waals surface area contributed by atoms with Crippen LogP contribution in [0.15, 0.2) is 43.0 Å². The van der Waals surface area contributed by atoms with Crippen LogP contribution in [0.25, 0.3) is 0 Å². The van der Waals surface area contributed by atoms with E-state index in [4.69, 9.17) is 0 Å². The average molecular weight is 341 g/mol. The maximum Gasteiger partial charge on any atom is 0.307 e. The fraction of sp³-hybridized carbons (Fsp3) is 0.200.